The maximum Gasteiger partial charge on any atom is 0.263 e. The van der Waals surface area contributed by atoms with E-state index < -0.39 is 11.8 Å². The molecule has 1 fully saturated rings. The van der Waals surface area contributed by atoms with E-state index in [1.807, 2.05) is 44.2 Å². The van der Waals surface area contributed by atoms with Crippen molar-refractivity contribution in [3.63, 3.8) is 0 Å². The van der Waals surface area contributed by atoms with Crippen LogP contribution >= 0.6 is 12.2 Å². The number of hydrogen-bond donors (Lipinski definition) is 2. The van der Waals surface area contributed by atoms with Crippen molar-refractivity contribution in [3.8, 4) is 0 Å². The van der Waals surface area contributed by atoms with Crippen molar-refractivity contribution in [1.29, 1.82) is 0 Å². The molecule has 0 spiro atoms. The molecule has 2 amide bonds. The topological polar surface area (TPSA) is 61.4 Å². The number of thiocarbonyl (C=S) groups is 1. The molecule has 2 heterocycles. The lowest BCUT2D eigenvalue weighted by Gasteiger charge is -2.30. The average molecular weight is 353 g/mol. The van der Waals surface area contributed by atoms with Gasteiger partial charge in [-0.2, -0.15) is 0 Å². The van der Waals surface area contributed by atoms with Crippen molar-refractivity contribution in [2.24, 2.45) is 0 Å². The molecule has 2 aliphatic heterocycles. The maximum atomic E-state index is 12.1. The highest BCUT2D eigenvalue weighted by Crippen LogP contribution is 2.25. The van der Waals surface area contributed by atoms with E-state index in [2.05, 4.69) is 27.7 Å². The molecule has 3 rings (SSSR count). The summed E-state index contributed by atoms with van der Waals surface area (Å²) in [6.45, 7) is 4.79. The fourth-order valence-electron chi connectivity index (χ4n) is 3.04. The van der Waals surface area contributed by atoms with Crippen LogP contribution in [0.1, 0.15) is 19.4 Å². The molecule has 1 saturated heterocycles. The van der Waals surface area contributed by atoms with Crippen molar-refractivity contribution in [3.05, 3.63) is 70.6 Å². The zero-order chi connectivity index (χ0) is 18.0. The number of rotatable bonds is 3. The molecule has 0 unspecified atom stereocenters. The van der Waals surface area contributed by atoms with Gasteiger partial charge in [0.25, 0.3) is 11.8 Å². The van der Waals surface area contributed by atoms with Crippen LogP contribution in [0.3, 0.4) is 0 Å². The minimum Gasteiger partial charge on any atom is -0.349 e. The molecule has 0 aliphatic carbocycles. The van der Waals surface area contributed by atoms with E-state index in [0.29, 0.717) is 5.57 Å². The Morgan fingerprint density at radius 3 is 2.08 bits per heavy atom. The minimum atomic E-state index is -0.463. The highest BCUT2D eigenvalue weighted by atomic mass is 32.1. The minimum absolute atomic E-state index is 0.0426. The van der Waals surface area contributed by atoms with E-state index in [-0.39, 0.29) is 10.7 Å². The molecule has 0 aromatic heterocycles. The van der Waals surface area contributed by atoms with E-state index in [0.717, 1.165) is 24.4 Å². The first-order valence-electron chi connectivity index (χ1n) is 8.04. The normalized spacial score (nSPS) is 17.8. The Morgan fingerprint density at radius 1 is 0.960 bits per heavy atom. The second-order valence-corrected chi connectivity index (χ2v) is 6.43. The molecule has 1 aromatic rings. The Bertz CT molecular complexity index is 793. The van der Waals surface area contributed by atoms with Crippen LogP contribution in [0.4, 0.5) is 0 Å². The summed E-state index contributed by atoms with van der Waals surface area (Å²) in [6, 6.07) is 10.3. The van der Waals surface area contributed by atoms with E-state index in [1.54, 1.807) is 0 Å². The van der Waals surface area contributed by atoms with E-state index in [4.69, 9.17) is 12.2 Å². The smallest absolute Gasteiger partial charge is 0.263 e. The fraction of sp³-hybridized carbons (Fsp3) is 0.211. The molecule has 0 radical (unpaired) electrons. The summed E-state index contributed by atoms with van der Waals surface area (Å²) >= 11 is 4.83. The van der Waals surface area contributed by atoms with Gasteiger partial charge in [0.15, 0.2) is 5.11 Å². The summed E-state index contributed by atoms with van der Waals surface area (Å²) in [7, 11) is 0. The molecular weight excluding hydrogens is 334 g/mol. The zero-order valence-electron chi connectivity index (χ0n) is 14.1. The van der Waals surface area contributed by atoms with Gasteiger partial charge in [0.1, 0.15) is 5.57 Å². The first-order valence-corrected chi connectivity index (χ1v) is 8.45. The van der Waals surface area contributed by atoms with Gasteiger partial charge >= 0.3 is 0 Å². The van der Waals surface area contributed by atoms with Crippen LogP contribution in [-0.4, -0.2) is 28.4 Å². The van der Waals surface area contributed by atoms with Gasteiger partial charge < -0.3 is 4.90 Å². The van der Waals surface area contributed by atoms with Crippen LogP contribution in [0, 0.1) is 0 Å². The Labute approximate surface area is 152 Å². The molecule has 2 aliphatic rings. The molecule has 2 N–H and O–H groups in total. The van der Waals surface area contributed by atoms with Gasteiger partial charge in [-0.3, -0.25) is 20.2 Å². The number of nitrogens with one attached hydrogen (secondary N) is 2. The van der Waals surface area contributed by atoms with Gasteiger partial charge in [0.2, 0.25) is 0 Å². The molecule has 6 heteroatoms. The SMILES string of the molecule is CC1=CC(=C2C(=O)NC(=S)NC2=O)C=C(C)N1CCc1ccccc1. The summed E-state index contributed by atoms with van der Waals surface area (Å²) in [4.78, 5) is 26.4. The van der Waals surface area contributed by atoms with E-state index in [9.17, 15) is 9.59 Å². The first kappa shape index (κ1) is 17.1. The van der Waals surface area contributed by atoms with Crippen LogP contribution < -0.4 is 10.6 Å². The monoisotopic (exact) mass is 353 g/mol. The number of carbonyl (C=O) groups is 2. The lowest BCUT2D eigenvalue weighted by Crippen LogP contribution is -2.51. The van der Waals surface area contributed by atoms with Crippen LogP contribution in [0.15, 0.2) is 65.0 Å². The summed E-state index contributed by atoms with van der Waals surface area (Å²) in [5.41, 5.74) is 3.95. The van der Waals surface area contributed by atoms with Gasteiger partial charge in [-0.25, -0.2) is 0 Å². The Kier molecular flexibility index (Phi) is 4.81. The third-order valence-electron chi connectivity index (χ3n) is 4.24. The van der Waals surface area contributed by atoms with Crippen molar-refractivity contribution < 1.29 is 9.59 Å². The standard InChI is InChI=1S/C19H19N3O2S/c1-12-10-15(16-17(23)20-19(25)21-18(16)24)11-13(2)22(12)9-8-14-6-4-3-5-7-14/h3-7,10-11H,8-9H2,1-2H3,(H2,20,21,23,24,25). The second-order valence-electron chi connectivity index (χ2n) is 6.03. The quantitative estimate of drug-likeness (QED) is 0.497. The number of benzene rings is 1. The first-order chi connectivity index (χ1) is 12.0. The average Bonchev–Trinajstić information content (AvgIpc) is 2.54. The van der Waals surface area contributed by atoms with Gasteiger partial charge in [-0.1, -0.05) is 30.3 Å². The van der Waals surface area contributed by atoms with Gasteiger partial charge in [-0.05, 0) is 55.8 Å². The Hall–Kier alpha value is -2.73. The lowest BCUT2D eigenvalue weighted by molar-refractivity contribution is -0.123. The maximum absolute atomic E-state index is 12.1. The number of carbonyl (C=O) groups excluding carboxylic acids is 2. The zero-order valence-corrected chi connectivity index (χ0v) is 14.9. The van der Waals surface area contributed by atoms with Crippen LogP contribution in [0.5, 0.6) is 0 Å². The number of allylic oxidation sites excluding steroid dienone is 5. The highest BCUT2D eigenvalue weighted by molar-refractivity contribution is 7.80. The molecule has 128 valence electrons. The Morgan fingerprint density at radius 2 is 1.52 bits per heavy atom. The molecular formula is C19H19N3O2S. The predicted molar refractivity (Wildman–Crippen MR) is 100 cm³/mol. The molecule has 0 atom stereocenters. The molecule has 1 aromatic carbocycles. The van der Waals surface area contributed by atoms with Crippen molar-refractivity contribution in [2.45, 2.75) is 20.3 Å². The lowest BCUT2D eigenvalue weighted by atomic mass is 9.99. The van der Waals surface area contributed by atoms with E-state index >= 15 is 0 Å². The summed E-state index contributed by atoms with van der Waals surface area (Å²) in [5.74, 6) is -0.927. The third-order valence-corrected chi connectivity index (χ3v) is 4.45. The summed E-state index contributed by atoms with van der Waals surface area (Å²) in [6.07, 6.45) is 4.64. The predicted octanol–water partition coefficient (Wildman–Crippen LogP) is 2.18. The largest absolute Gasteiger partial charge is 0.349 e. The van der Waals surface area contributed by atoms with Crippen molar-refractivity contribution in [1.82, 2.24) is 15.5 Å². The second kappa shape index (κ2) is 7.03. The van der Waals surface area contributed by atoms with Crippen LogP contribution in [-0.2, 0) is 16.0 Å². The number of hydrogen-bond acceptors (Lipinski definition) is 4. The van der Waals surface area contributed by atoms with E-state index in [1.165, 1.54) is 5.56 Å². The molecule has 0 saturated carbocycles. The fourth-order valence-corrected chi connectivity index (χ4v) is 3.22. The number of amides is 2. The van der Waals surface area contributed by atoms with Gasteiger partial charge in [0.05, 0.1) is 0 Å². The third kappa shape index (κ3) is 3.69. The van der Waals surface area contributed by atoms with Gasteiger partial charge in [-0.15, -0.1) is 0 Å². The van der Waals surface area contributed by atoms with Crippen molar-refractivity contribution in [2.75, 3.05) is 6.54 Å². The molecule has 25 heavy (non-hydrogen) atoms. The Balaban J connectivity index is 1.82. The molecule has 5 nitrogen and oxygen atoms in total. The van der Waals surface area contributed by atoms with Gasteiger partial charge in [0, 0.05) is 17.9 Å². The van der Waals surface area contributed by atoms with Crippen LogP contribution in [0.2, 0.25) is 0 Å². The highest BCUT2D eigenvalue weighted by Gasteiger charge is 2.29. The summed E-state index contributed by atoms with van der Waals surface area (Å²) < 4.78 is 0. The number of nitrogens with zero attached hydrogens (tertiary/aromatic N) is 1. The van der Waals surface area contributed by atoms with Crippen LogP contribution in [0.25, 0.3) is 0 Å². The molecule has 0 bridgehead atoms. The summed E-state index contributed by atoms with van der Waals surface area (Å²) in [5, 5.41) is 4.99. The van der Waals surface area contributed by atoms with Crippen molar-refractivity contribution >= 4 is 29.1 Å².